The second-order valence-corrected chi connectivity index (χ2v) is 6.28. The van der Waals surface area contributed by atoms with Gasteiger partial charge in [0.1, 0.15) is 5.75 Å². The minimum atomic E-state index is -3.81. The summed E-state index contributed by atoms with van der Waals surface area (Å²) in [4.78, 5) is 10.5. The molecule has 9 heteroatoms. The van der Waals surface area contributed by atoms with E-state index in [1.54, 1.807) is 0 Å². The molecule has 1 aromatic carbocycles. The number of sulfonamides is 1. The second kappa shape index (κ2) is 7.60. The molecule has 7 nitrogen and oxygen atoms in total. The first-order valence-electron chi connectivity index (χ1n) is 5.88. The molecule has 0 bridgehead atoms. The van der Waals surface area contributed by atoms with E-state index in [0.29, 0.717) is 5.75 Å². The monoisotopic (exact) mass is 337 g/mol. The average Bonchev–Trinajstić information content (AvgIpc) is 2.43. The summed E-state index contributed by atoms with van der Waals surface area (Å²) in [5.74, 6) is -0.718. The predicted molar refractivity (Wildman–Crippen MR) is 76.2 cm³/mol. The van der Waals surface area contributed by atoms with Crippen molar-refractivity contribution in [1.82, 2.24) is 4.72 Å². The highest BCUT2D eigenvalue weighted by atomic mass is 35.5. The zero-order valence-electron chi connectivity index (χ0n) is 11.5. The van der Waals surface area contributed by atoms with Crippen LogP contribution >= 0.6 is 11.6 Å². The van der Waals surface area contributed by atoms with Crippen molar-refractivity contribution in [3.05, 3.63) is 23.2 Å². The third kappa shape index (κ3) is 5.16. The normalized spacial score (nSPS) is 12.9. The Kier molecular flexibility index (Phi) is 6.41. The van der Waals surface area contributed by atoms with Crippen molar-refractivity contribution in [1.29, 1.82) is 0 Å². The van der Waals surface area contributed by atoms with Crippen LogP contribution in [-0.2, 0) is 19.6 Å². The quantitative estimate of drug-likeness (QED) is 0.737. The van der Waals surface area contributed by atoms with Crippen molar-refractivity contribution in [2.45, 2.75) is 17.4 Å². The fourth-order valence-corrected chi connectivity index (χ4v) is 2.95. The lowest BCUT2D eigenvalue weighted by Crippen LogP contribution is -2.34. The molecule has 0 aliphatic carbocycles. The Morgan fingerprint density at radius 1 is 1.43 bits per heavy atom. The summed E-state index contributed by atoms with van der Waals surface area (Å²) in [7, 11) is -1.08. The van der Waals surface area contributed by atoms with Gasteiger partial charge in [-0.1, -0.05) is 11.6 Å². The van der Waals surface area contributed by atoms with Gasteiger partial charge in [-0.2, -0.15) is 0 Å². The summed E-state index contributed by atoms with van der Waals surface area (Å²) in [5.41, 5.74) is 0. The smallest absolute Gasteiger partial charge is 0.306 e. The van der Waals surface area contributed by atoms with Crippen molar-refractivity contribution in [2.75, 3.05) is 20.8 Å². The van der Waals surface area contributed by atoms with Gasteiger partial charge in [0, 0.05) is 13.7 Å². The summed E-state index contributed by atoms with van der Waals surface area (Å²) >= 11 is 5.87. The van der Waals surface area contributed by atoms with Gasteiger partial charge in [0.05, 0.1) is 29.6 Å². The molecule has 0 saturated heterocycles. The molecule has 118 valence electrons. The molecule has 0 spiro atoms. The van der Waals surface area contributed by atoms with Crippen LogP contribution in [0.4, 0.5) is 0 Å². The van der Waals surface area contributed by atoms with Crippen LogP contribution in [-0.4, -0.2) is 46.4 Å². The first-order valence-corrected chi connectivity index (χ1v) is 7.74. The summed E-state index contributed by atoms with van der Waals surface area (Å²) in [6.07, 6.45) is -1.06. The van der Waals surface area contributed by atoms with Gasteiger partial charge in [0.25, 0.3) is 0 Å². The Balaban J connectivity index is 2.81. The van der Waals surface area contributed by atoms with E-state index in [4.69, 9.17) is 26.2 Å². The van der Waals surface area contributed by atoms with Crippen LogP contribution in [0.25, 0.3) is 0 Å². The molecule has 0 heterocycles. The van der Waals surface area contributed by atoms with Crippen LogP contribution in [0.15, 0.2) is 23.1 Å². The molecule has 0 radical (unpaired) electrons. The van der Waals surface area contributed by atoms with Gasteiger partial charge in [0.15, 0.2) is 0 Å². The lowest BCUT2D eigenvalue weighted by atomic mass is 10.2. The molecular weight excluding hydrogens is 322 g/mol. The Morgan fingerprint density at radius 3 is 2.57 bits per heavy atom. The molecule has 0 aliphatic rings. The number of benzene rings is 1. The van der Waals surface area contributed by atoms with Crippen molar-refractivity contribution < 1.29 is 27.8 Å². The number of nitrogens with one attached hydrogen (secondary N) is 1. The first-order chi connectivity index (χ1) is 9.80. The van der Waals surface area contributed by atoms with Gasteiger partial charge < -0.3 is 14.6 Å². The molecule has 1 rings (SSSR count). The number of carbonyl (C=O) groups is 1. The largest absolute Gasteiger partial charge is 0.495 e. The summed E-state index contributed by atoms with van der Waals surface area (Å²) < 4.78 is 36.3. The van der Waals surface area contributed by atoms with Crippen molar-refractivity contribution in [3.63, 3.8) is 0 Å². The fourth-order valence-electron chi connectivity index (χ4n) is 1.53. The molecule has 21 heavy (non-hydrogen) atoms. The zero-order valence-corrected chi connectivity index (χ0v) is 13.1. The van der Waals surface area contributed by atoms with E-state index in [0.717, 1.165) is 0 Å². The van der Waals surface area contributed by atoms with E-state index in [-0.39, 0.29) is 22.9 Å². The highest BCUT2D eigenvalue weighted by Gasteiger charge is 2.19. The molecule has 2 N–H and O–H groups in total. The van der Waals surface area contributed by atoms with E-state index >= 15 is 0 Å². The molecule has 1 atom stereocenters. The fraction of sp³-hybridized carbons (Fsp3) is 0.417. The average molecular weight is 338 g/mol. The third-order valence-corrected chi connectivity index (χ3v) is 4.39. The minimum absolute atomic E-state index is 0.0431. The number of halogens is 1. The minimum Gasteiger partial charge on any atom is -0.495 e. The zero-order chi connectivity index (χ0) is 16.0. The first kappa shape index (κ1) is 17.7. The van der Waals surface area contributed by atoms with E-state index in [1.165, 1.54) is 32.4 Å². The van der Waals surface area contributed by atoms with Gasteiger partial charge in [-0.05, 0) is 18.2 Å². The van der Waals surface area contributed by atoms with Crippen LogP contribution in [0.3, 0.4) is 0 Å². The number of methoxy groups -OCH3 is 2. The Bertz CT molecular complexity index is 604. The molecule has 0 fully saturated rings. The number of aliphatic carboxylic acids is 1. The lowest BCUT2D eigenvalue weighted by molar-refractivity contribution is -0.139. The maximum Gasteiger partial charge on any atom is 0.306 e. The van der Waals surface area contributed by atoms with E-state index in [2.05, 4.69) is 4.72 Å². The van der Waals surface area contributed by atoms with Crippen LogP contribution in [0, 0.1) is 0 Å². The highest BCUT2D eigenvalue weighted by molar-refractivity contribution is 7.89. The van der Waals surface area contributed by atoms with Gasteiger partial charge >= 0.3 is 5.97 Å². The van der Waals surface area contributed by atoms with E-state index in [9.17, 15) is 13.2 Å². The standard InChI is InChI=1S/C12H16ClNO6S/c1-19-8(5-12(15)16)7-14-21(17,18)9-3-4-11(20-2)10(13)6-9/h3-4,6,8,14H,5,7H2,1-2H3,(H,15,16). The second-order valence-electron chi connectivity index (χ2n) is 4.10. The molecular formula is C12H16ClNO6S. The molecule has 1 aromatic rings. The molecule has 0 aliphatic heterocycles. The predicted octanol–water partition coefficient (Wildman–Crippen LogP) is 1.12. The number of ether oxygens (including phenoxy) is 2. The van der Waals surface area contributed by atoms with E-state index in [1.807, 2.05) is 0 Å². The summed E-state index contributed by atoms with van der Waals surface area (Å²) in [6.45, 7) is -0.158. The van der Waals surface area contributed by atoms with Crippen LogP contribution in [0.2, 0.25) is 5.02 Å². The van der Waals surface area contributed by atoms with Gasteiger partial charge in [-0.3, -0.25) is 4.79 Å². The van der Waals surface area contributed by atoms with Crippen molar-refractivity contribution >= 4 is 27.6 Å². The highest BCUT2D eigenvalue weighted by Crippen LogP contribution is 2.26. The van der Waals surface area contributed by atoms with Gasteiger partial charge in [-0.15, -0.1) is 0 Å². The van der Waals surface area contributed by atoms with Gasteiger partial charge in [0.2, 0.25) is 10.0 Å². The topological polar surface area (TPSA) is 102 Å². The SMILES string of the molecule is COc1ccc(S(=O)(=O)NCC(CC(=O)O)OC)cc1Cl. The molecule has 1 unspecified atom stereocenters. The number of rotatable bonds is 8. The van der Waals surface area contributed by atoms with E-state index < -0.39 is 22.1 Å². The lowest BCUT2D eigenvalue weighted by Gasteiger charge is -2.14. The maximum absolute atomic E-state index is 12.1. The van der Waals surface area contributed by atoms with Crippen molar-refractivity contribution in [2.24, 2.45) is 0 Å². The number of hydrogen-bond donors (Lipinski definition) is 2. The number of carboxylic acid groups (broad SMARTS) is 1. The summed E-state index contributed by atoms with van der Waals surface area (Å²) in [6, 6.07) is 4.02. The van der Waals surface area contributed by atoms with Gasteiger partial charge in [-0.25, -0.2) is 13.1 Å². The Labute approximate surface area is 127 Å². The Morgan fingerprint density at radius 2 is 2.10 bits per heavy atom. The van der Waals surface area contributed by atoms with Crippen molar-refractivity contribution in [3.8, 4) is 5.75 Å². The van der Waals surface area contributed by atoms with Crippen LogP contribution in [0.5, 0.6) is 5.75 Å². The summed E-state index contributed by atoms with van der Waals surface area (Å²) in [5, 5.41) is 8.83. The number of carboxylic acids is 1. The molecule has 0 saturated carbocycles. The number of hydrogen-bond acceptors (Lipinski definition) is 5. The van der Waals surface area contributed by atoms with Crippen LogP contribution < -0.4 is 9.46 Å². The maximum atomic E-state index is 12.1. The molecule has 0 amide bonds. The van der Waals surface area contributed by atoms with Crippen LogP contribution in [0.1, 0.15) is 6.42 Å². The Hall–Kier alpha value is -1.35. The third-order valence-electron chi connectivity index (χ3n) is 2.67. The molecule has 0 aromatic heterocycles.